The van der Waals surface area contributed by atoms with Crippen molar-refractivity contribution in [3.05, 3.63) is 400 Å². The molecule has 0 fully saturated rings. The average Bonchev–Trinajstić information content (AvgIpc) is 1.50. The molecule has 6 nitrogen and oxygen atoms in total. The highest BCUT2D eigenvalue weighted by Gasteiger charge is 2.21. The Morgan fingerprint density at radius 2 is 0.333 bits per heavy atom. The van der Waals surface area contributed by atoms with Crippen LogP contribution in [0.5, 0.6) is 0 Å². The zero-order chi connectivity index (χ0) is 67.5. The van der Waals surface area contributed by atoms with Gasteiger partial charge in [-0.2, -0.15) is 0 Å². The minimum atomic E-state index is 1.05. The topological polar surface area (TPSA) is 24.5 Å². The summed E-state index contributed by atoms with van der Waals surface area (Å²) in [7, 11) is 0. The van der Waals surface area contributed by atoms with Crippen molar-refractivity contribution in [3.8, 4) is 50.4 Å². The first kappa shape index (κ1) is 59.6. The summed E-state index contributed by atoms with van der Waals surface area (Å²) in [4.78, 5) is 7.04. The summed E-state index contributed by atoms with van der Waals surface area (Å²) in [6, 6.07) is 145. The largest absolute Gasteiger partial charge is 0.311 e. The molecule has 0 saturated carbocycles. The first-order valence-electron chi connectivity index (χ1n) is 34.9. The van der Waals surface area contributed by atoms with E-state index in [1.807, 2.05) is 0 Å². The lowest BCUT2D eigenvalue weighted by molar-refractivity contribution is 1.17. The number of rotatable bonds is 15. The molecule has 0 amide bonds. The van der Waals surface area contributed by atoms with Crippen molar-refractivity contribution in [2.75, 3.05) is 14.7 Å². The molecule has 19 rings (SSSR count). The van der Waals surface area contributed by atoms with Gasteiger partial charge in [-0.1, -0.05) is 218 Å². The van der Waals surface area contributed by atoms with E-state index in [0.29, 0.717) is 0 Å². The predicted molar refractivity (Wildman–Crippen MR) is 430 cm³/mol. The molecular formula is C96H66N6. The summed E-state index contributed by atoms with van der Waals surface area (Å²) in [6.07, 6.45) is 0. The number of anilines is 9. The number of fused-ring (bicyclic) bond motifs is 9. The summed E-state index contributed by atoms with van der Waals surface area (Å²) < 4.78 is 7.13. The van der Waals surface area contributed by atoms with Crippen molar-refractivity contribution in [2.24, 2.45) is 0 Å². The Balaban J connectivity index is 0.639. The monoisotopic (exact) mass is 1300 g/mol. The summed E-state index contributed by atoms with van der Waals surface area (Å²) in [6.45, 7) is 0. The fourth-order valence-electron chi connectivity index (χ4n) is 15.4. The number of nitrogens with zero attached hydrogens (tertiary/aromatic N) is 6. The van der Waals surface area contributed by atoms with Crippen LogP contribution in [0.3, 0.4) is 0 Å². The third-order valence-corrected chi connectivity index (χ3v) is 20.2. The molecular weight excluding hydrogens is 1240 g/mol. The second kappa shape index (κ2) is 25.3. The van der Waals surface area contributed by atoms with Crippen LogP contribution >= 0.6 is 0 Å². The highest BCUT2D eigenvalue weighted by molar-refractivity contribution is 6.12. The van der Waals surface area contributed by atoms with E-state index in [4.69, 9.17) is 0 Å². The molecule has 19 aromatic rings. The molecule has 480 valence electrons. The van der Waals surface area contributed by atoms with E-state index in [1.165, 1.54) is 65.4 Å². The lowest BCUT2D eigenvalue weighted by Gasteiger charge is -2.27. The van der Waals surface area contributed by atoms with E-state index in [9.17, 15) is 0 Å². The van der Waals surface area contributed by atoms with Crippen LogP contribution in [-0.2, 0) is 0 Å². The van der Waals surface area contributed by atoms with Gasteiger partial charge in [-0.05, 0) is 215 Å². The summed E-state index contributed by atoms with van der Waals surface area (Å²) >= 11 is 0. The van der Waals surface area contributed by atoms with Gasteiger partial charge in [-0.3, -0.25) is 0 Å². The van der Waals surface area contributed by atoms with Crippen molar-refractivity contribution in [2.45, 2.75) is 0 Å². The summed E-state index contributed by atoms with van der Waals surface area (Å²) in [5, 5.41) is 7.49. The molecule has 0 aliphatic heterocycles. The molecule has 16 aromatic carbocycles. The van der Waals surface area contributed by atoms with Crippen LogP contribution in [0.1, 0.15) is 0 Å². The first-order valence-corrected chi connectivity index (χ1v) is 34.9. The second-order valence-corrected chi connectivity index (χ2v) is 26.1. The van der Waals surface area contributed by atoms with Gasteiger partial charge in [0.15, 0.2) is 0 Å². The highest BCUT2D eigenvalue weighted by atomic mass is 15.2. The van der Waals surface area contributed by atoms with Crippen LogP contribution in [-0.4, -0.2) is 13.7 Å². The summed E-state index contributed by atoms with van der Waals surface area (Å²) in [5.41, 5.74) is 27.0. The van der Waals surface area contributed by atoms with Gasteiger partial charge in [-0.25, -0.2) is 0 Å². The molecule has 0 spiro atoms. The Morgan fingerprint density at radius 3 is 0.627 bits per heavy atom. The lowest BCUT2D eigenvalue weighted by atomic mass is 10.0. The Labute approximate surface area is 592 Å². The molecule has 6 heteroatoms. The SMILES string of the molecule is c1ccc(N(c2ccc(-c3ccc(N(c4ccc(-c5ccc(N(c6ccccc6)c6ccc(-n7c8ccccc8c8ccccc87)cc6)cc5)cc4)c4ccc(-c5ccc6c7ccccc7n(-c7ccccc7)c6c5)cc4)cc3)cc2)c2ccc(-n3c4ccccc4c4ccccc43)cc2)cc1. The zero-order valence-corrected chi connectivity index (χ0v) is 55.8. The lowest BCUT2D eigenvalue weighted by Crippen LogP contribution is -2.10. The van der Waals surface area contributed by atoms with Crippen molar-refractivity contribution in [1.29, 1.82) is 0 Å². The number of hydrogen-bond acceptors (Lipinski definition) is 3. The van der Waals surface area contributed by atoms with Crippen molar-refractivity contribution in [1.82, 2.24) is 13.7 Å². The first-order chi connectivity index (χ1) is 50.6. The molecule has 0 radical (unpaired) electrons. The maximum absolute atomic E-state index is 2.39. The van der Waals surface area contributed by atoms with E-state index in [2.05, 4.69) is 429 Å². The molecule has 102 heavy (non-hydrogen) atoms. The van der Waals surface area contributed by atoms with Gasteiger partial charge >= 0.3 is 0 Å². The van der Waals surface area contributed by atoms with Gasteiger partial charge in [0.1, 0.15) is 0 Å². The fraction of sp³-hybridized carbons (Fsp3) is 0. The minimum Gasteiger partial charge on any atom is -0.311 e. The molecule has 0 atom stereocenters. The van der Waals surface area contributed by atoms with Gasteiger partial charge in [0.05, 0.1) is 33.1 Å². The van der Waals surface area contributed by atoms with E-state index in [-0.39, 0.29) is 0 Å². The van der Waals surface area contributed by atoms with E-state index < -0.39 is 0 Å². The molecule has 0 unspecified atom stereocenters. The number of hydrogen-bond donors (Lipinski definition) is 0. The van der Waals surface area contributed by atoms with Crippen LogP contribution in [0.15, 0.2) is 400 Å². The molecule has 0 saturated heterocycles. The van der Waals surface area contributed by atoms with Gasteiger partial charge < -0.3 is 28.4 Å². The molecule has 0 bridgehead atoms. The van der Waals surface area contributed by atoms with Crippen LogP contribution in [0.2, 0.25) is 0 Å². The standard InChI is InChI=1S/C96H66N6/c1-4-20-73(21-5-1)97(81-57-61-83(62-58-81)100-91-31-15-10-26-85(91)86-27-11-16-32-92(86)100)76-47-36-67(37-48-76)69-40-51-78(52-41-69)99(80-55-44-71(45-56-80)72-46-65-90-89-30-14-19-35-95(89)102(96(90)66-72)75-24-8-3-9-25-75)79-53-42-70(43-54-79)68-38-49-77(50-39-68)98(74-22-6-2-7-23-74)82-59-63-84(64-60-82)101-93-33-17-12-28-87(93)88-29-13-18-34-94(88)101/h1-66H. The fourth-order valence-corrected chi connectivity index (χ4v) is 15.4. The van der Waals surface area contributed by atoms with E-state index >= 15 is 0 Å². The number of benzene rings is 16. The van der Waals surface area contributed by atoms with Crippen LogP contribution in [0, 0.1) is 0 Å². The molecule has 0 aliphatic carbocycles. The summed E-state index contributed by atoms with van der Waals surface area (Å²) in [5.74, 6) is 0. The van der Waals surface area contributed by atoms with Crippen LogP contribution in [0.25, 0.3) is 116 Å². The van der Waals surface area contributed by atoms with Crippen LogP contribution in [0.4, 0.5) is 51.2 Å². The molecule has 3 heterocycles. The number of aromatic nitrogens is 3. The van der Waals surface area contributed by atoms with Crippen molar-refractivity contribution >= 4 is 117 Å². The van der Waals surface area contributed by atoms with Crippen molar-refractivity contribution < 1.29 is 0 Å². The normalized spacial score (nSPS) is 11.5. The highest BCUT2D eigenvalue weighted by Crippen LogP contribution is 2.44. The zero-order valence-electron chi connectivity index (χ0n) is 55.8. The third kappa shape index (κ3) is 10.5. The smallest absolute Gasteiger partial charge is 0.0547 e. The molecule has 0 N–H and O–H groups in total. The molecule has 3 aromatic heterocycles. The van der Waals surface area contributed by atoms with Gasteiger partial charge in [-0.15, -0.1) is 0 Å². The van der Waals surface area contributed by atoms with Gasteiger partial charge in [0.25, 0.3) is 0 Å². The Morgan fingerprint density at radius 1 is 0.137 bits per heavy atom. The predicted octanol–water partition coefficient (Wildman–Crippen LogP) is 26.4. The Bertz CT molecular complexity index is 5850. The van der Waals surface area contributed by atoms with Crippen LogP contribution < -0.4 is 14.7 Å². The van der Waals surface area contributed by atoms with E-state index in [1.54, 1.807) is 0 Å². The maximum Gasteiger partial charge on any atom is 0.0547 e. The molecule has 0 aliphatic rings. The quantitative estimate of drug-likeness (QED) is 0.102. The average molecular weight is 1300 g/mol. The van der Waals surface area contributed by atoms with Gasteiger partial charge in [0.2, 0.25) is 0 Å². The van der Waals surface area contributed by atoms with Gasteiger partial charge in [0, 0.05) is 101 Å². The minimum absolute atomic E-state index is 1.05. The maximum atomic E-state index is 2.39. The number of para-hydroxylation sites is 8. The second-order valence-electron chi connectivity index (χ2n) is 26.1. The van der Waals surface area contributed by atoms with E-state index in [0.717, 1.165) is 102 Å². The third-order valence-electron chi connectivity index (χ3n) is 20.2. The Hall–Kier alpha value is -13.7. The van der Waals surface area contributed by atoms with Crippen molar-refractivity contribution in [3.63, 3.8) is 0 Å². The Kier molecular flexibility index (Phi) is 14.8.